The zero-order valence-corrected chi connectivity index (χ0v) is 10.7. The molecule has 6 nitrogen and oxygen atoms in total. The van der Waals surface area contributed by atoms with Gasteiger partial charge in [0, 0.05) is 5.56 Å². The van der Waals surface area contributed by atoms with Crippen LogP contribution in [0.5, 0.6) is 0 Å². The fraction of sp³-hybridized carbons (Fsp3) is 0.100. The number of Topliss-reactive ketones (excluding diaryl/α,β-unsaturated/α-hetero) is 1. The van der Waals surface area contributed by atoms with E-state index in [0.717, 1.165) is 19.1 Å². The summed E-state index contributed by atoms with van der Waals surface area (Å²) in [5, 5.41) is 17.7. The largest absolute Gasteiger partial charge is 0.478 e. The number of carboxylic acids is 2. The highest BCUT2D eigenvalue weighted by atomic mass is 127. The van der Waals surface area contributed by atoms with Crippen LogP contribution < -0.4 is 0 Å². The molecular formula is C10H7IO6. The van der Waals surface area contributed by atoms with Gasteiger partial charge in [-0.3, -0.25) is 7.86 Å². The van der Waals surface area contributed by atoms with Gasteiger partial charge in [-0.1, -0.05) is 0 Å². The molecular weight excluding hydrogens is 343 g/mol. The van der Waals surface area contributed by atoms with Crippen molar-refractivity contribution >= 4 is 38.9 Å². The van der Waals surface area contributed by atoms with Crippen molar-refractivity contribution in [3.63, 3.8) is 0 Å². The number of carboxylic acid groups (broad SMARTS) is 2. The third-order valence-electron chi connectivity index (χ3n) is 2.03. The fourth-order valence-electron chi connectivity index (χ4n) is 1.34. The van der Waals surface area contributed by atoms with E-state index in [0.29, 0.717) is 0 Å². The van der Waals surface area contributed by atoms with Gasteiger partial charge >= 0.3 is 11.9 Å². The maximum absolute atomic E-state index is 11.3. The Kier molecular flexibility index (Phi) is 4.05. The molecule has 0 aromatic heterocycles. The molecule has 17 heavy (non-hydrogen) atoms. The summed E-state index contributed by atoms with van der Waals surface area (Å²) >= 11 is -1.96. The summed E-state index contributed by atoms with van der Waals surface area (Å²) in [5.41, 5.74) is -0.892. The Hall–Kier alpha value is -1.64. The predicted molar refractivity (Wildman–Crippen MR) is 63.8 cm³/mol. The minimum Gasteiger partial charge on any atom is -0.478 e. The molecule has 1 aromatic carbocycles. The molecule has 0 aliphatic heterocycles. The number of halogens is 1. The normalized spacial score (nSPS) is 9.94. The highest BCUT2D eigenvalue weighted by Gasteiger charge is 2.23. The summed E-state index contributed by atoms with van der Waals surface area (Å²) in [7, 11) is 0. The fourth-order valence-corrected chi connectivity index (χ4v) is 2.88. The van der Waals surface area contributed by atoms with Gasteiger partial charge in [-0.05, 0) is 19.1 Å². The van der Waals surface area contributed by atoms with Crippen molar-refractivity contribution in [2.75, 3.05) is 0 Å². The molecule has 2 N–H and O–H groups in total. The van der Waals surface area contributed by atoms with Crippen molar-refractivity contribution in [2.24, 2.45) is 0 Å². The van der Waals surface area contributed by atoms with E-state index < -0.39 is 38.9 Å². The Bertz CT molecular complexity index is 534. The zero-order chi connectivity index (χ0) is 13.2. The Labute approximate surface area is 106 Å². The van der Waals surface area contributed by atoms with Crippen molar-refractivity contribution in [2.45, 2.75) is 6.92 Å². The Morgan fingerprint density at radius 3 is 1.88 bits per heavy atom. The molecule has 0 unspecified atom stereocenters. The van der Waals surface area contributed by atoms with Crippen LogP contribution in [0.3, 0.4) is 0 Å². The van der Waals surface area contributed by atoms with E-state index >= 15 is 0 Å². The second kappa shape index (κ2) is 5.13. The van der Waals surface area contributed by atoms with Gasteiger partial charge in [0.25, 0.3) is 0 Å². The average molecular weight is 350 g/mol. The molecule has 0 saturated heterocycles. The van der Waals surface area contributed by atoms with E-state index in [1.165, 1.54) is 0 Å². The van der Waals surface area contributed by atoms with E-state index in [1.54, 1.807) is 0 Å². The van der Waals surface area contributed by atoms with Crippen LogP contribution in [0, 0.1) is 3.57 Å². The monoisotopic (exact) mass is 350 g/mol. The van der Waals surface area contributed by atoms with Crippen LogP contribution in [0.4, 0.5) is 0 Å². The van der Waals surface area contributed by atoms with Gasteiger partial charge < -0.3 is 10.2 Å². The molecule has 0 atom stereocenters. The average Bonchev–Trinajstić information content (AvgIpc) is 2.26. The molecule has 0 saturated carbocycles. The number of benzene rings is 1. The molecule has 0 aliphatic carbocycles. The minimum atomic E-state index is -1.96. The molecule has 0 aliphatic rings. The third kappa shape index (κ3) is 2.54. The first-order chi connectivity index (χ1) is 7.90. The molecule has 1 aromatic rings. The van der Waals surface area contributed by atoms with Gasteiger partial charge in [-0.25, -0.2) is 9.59 Å². The number of hydrogen-bond donors (Lipinski definition) is 2. The van der Waals surface area contributed by atoms with Crippen LogP contribution in [0.2, 0.25) is 0 Å². The van der Waals surface area contributed by atoms with Crippen molar-refractivity contribution in [1.82, 2.24) is 0 Å². The lowest BCUT2D eigenvalue weighted by molar-refractivity contribution is 0.0678. The first-order valence-corrected chi connectivity index (χ1v) is 6.27. The highest BCUT2D eigenvalue weighted by molar-refractivity contribution is 14.1. The summed E-state index contributed by atoms with van der Waals surface area (Å²) in [4.78, 5) is 33.1. The van der Waals surface area contributed by atoms with E-state index in [4.69, 9.17) is 10.2 Å². The molecule has 7 heteroatoms. The topological polar surface area (TPSA) is 109 Å². The van der Waals surface area contributed by atoms with Gasteiger partial charge in [0.2, 0.25) is 0 Å². The third-order valence-corrected chi connectivity index (χ3v) is 3.59. The standard InChI is InChI=1S/C10H7IO6/c1-4(12)7-5(9(13)14)2-3-6(10(15)16)8(7)11-17/h2-3H,1H3,(H,13,14)(H,15,16). The highest BCUT2D eigenvalue weighted by Crippen LogP contribution is 2.25. The second-order valence-corrected chi connectivity index (χ2v) is 4.61. The van der Waals surface area contributed by atoms with Crippen LogP contribution >= 0.6 is 21.2 Å². The molecule has 0 spiro atoms. The first kappa shape index (κ1) is 13.4. The number of rotatable bonds is 4. The smallest absolute Gasteiger partial charge is 0.336 e. The Morgan fingerprint density at radius 1 is 1.06 bits per heavy atom. The molecule has 1 rings (SSSR count). The van der Waals surface area contributed by atoms with Gasteiger partial charge in [-0.15, -0.1) is 0 Å². The SMILES string of the molecule is CC(=O)c1c(C(=O)O)ccc(C(=O)O)c1I=O. The zero-order valence-electron chi connectivity index (χ0n) is 8.56. The molecule has 0 fully saturated rings. The lowest BCUT2D eigenvalue weighted by Gasteiger charge is -2.07. The van der Waals surface area contributed by atoms with Crippen molar-refractivity contribution in [3.8, 4) is 0 Å². The van der Waals surface area contributed by atoms with Crippen LogP contribution in [-0.4, -0.2) is 27.9 Å². The van der Waals surface area contributed by atoms with Crippen LogP contribution in [-0.2, 0) is 3.07 Å². The number of aromatic carboxylic acids is 2. The Balaban J connectivity index is 3.73. The number of hydrogen-bond acceptors (Lipinski definition) is 4. The van der Waals surface area contributed by atoms with Gasteiger partial charge in [0.1, 0.15) is 0 Å². The number of carbonyl (C=O) groups is 3. The van der Waals surface area contributed by atoms with E-state index in [1.807, 2.05) is 0 Å². The molecule has 0 amide bonds. The maximum atomic E-state index is 11.3. The van der Waals surface area contributed by atoms with E-state index in [-0.39, 0.29) is 20.3 Å². The number of ketones is 1. The summed E-state index contributed by atoms with van der Waals surface area (Å²) in [6.45, 7) is 1.11. The summed E-state index contributed by atoms with van der Waals surface area (Å²) in [6.07, 6.45) is 0. The van der Waals surface area contributed by atoms with Gasteiger partial charge in [-0.2, -0.15) is 0 Å². The molecule has 90 valence electrons. The molecule has 0 radical (unpaired) electrons. The minimum absolute atomic E-state index is 0.177. The van der Waals surface area contributed by atoms with Crippen LogP contribution in [0.1, 0.15) is 38.0 Å². The van der Waals surface area contributed by atoms with Crippen molar-refractivity contribution < 1.29 is 27.7 Å². The summed E-state index contributed by atoms with van der Waals surface area (Å²) < 4.78 is 10.9. The van der Waals surface area contributed by atoms with Crippen LogP contribution in [0.15, 0.2) is 12.1 Å². The first-order valence-electron chi connectivity index (χ1n) is 4.31. The summed E-state index contributed by atoms with van der Waals surface area (Å²) in [5.74, 6) is -3.31. The molecule has 0 heterocycles. The Morgan fingerprint density at radius 2 is 1.53 bits per heavy atom. The van der Waals surface area contributed by atoms with E-state index in [9.17, 15) is 17.5 Å². The van der Waals surface area contributed by atoms with Crippen molar-refractivity contribution in [3.05, 3.63) is 32.4 Å². The van der Waals surface area contributed by atoms with Crippen LogP contribution in [0.25, 0.3) is 0 Å². The molecule has 0 bridgehead atoms. The quantitative estimate of drug-likeness (QED) is 0.633. The van der Waals surface area contributed by atoms with E-state index in [2.05, 4.69) is 0 Å². The maximum Gasteiger partial charge on any atom is 0.336 e. The summed E-state index contributed by atoms with van der Waals surface area (Å²) in [6, 6.07) is 2.08. The van der Waals surface area contributed by atoms with Crippen molar-refractivity contribution in [1.29, 1.82) is 0 Å². The lowest BCUT2D eigenvalue weighted by Crippen LogP contribution is -2.12. The van der Waals surface area contributed by atoms with Gasteiger partial charge in [0.05, 0.1) is 14.7 Å². The van der Waals surface area contributed by atoms with Gasteiger partial charge in [0.15, 0.2) is 27.0 Å². The lowest BCUT2D eigenvalue weighted by atomic mass is 10.0. The number of carbonyl (C=O) groups excluding carboxylic acids is 1. The second-order valence-electron chi connectivity index (χ2n) is 3.09. The predicted octanol–water partition coefficient (Wildman–Crippen LogP) is 1.77.